The maximum atomic E-state index is 9.10. The molecule has 0 amide bonds. The minimum absolute atomic E-state index is 0.0610. The first-order valence-corrected chi connectivity index (χ1v) is 6.57. The fourth-order valence-corrected chi connectivity index (χ4v) is 2.06. The van der Waals surface area contributed by atoms with Crippen LogP contribution >= 0.6 is 0 Å². The van der Waals surface area contributed by atoms with E-state index in [4.69, 9.17) is 19.3 Å². The summed E-state index contributed by atoms with van der Waals surface area (Å²) in [6.45, 7) is 0.744. The molecule has 0 saturated carbocycles. The van der Waals surface area contributed by atoms with Gasteiger partial charge < -0.3 is 19.3 Å². The molecule has 0 radical (unpaired) electrons. The molecule has 1 unspecified atom stereocenters. The number of aliphatic hydroxyl groups is 1. The van der Waals surface area contributed by atoms with E-state index in [1.807, 2.05) is 48.5 Å². The molecular formula is C16H16O4. The highest BCUT2D eigenvalue weighted by Crippen LogP contribution is 2.40. The number of aliphatic hydroxyl groups excluding tert-OH is 1. The normalized spacial score (nSPS) is 16.8. The smallest absolute Gasteiger partial charge is 0.203 e. The van der Waals surface area contributed by atoms with E-state index in [0.29, 0.717) is 30.5 Å². The van der Waals surface area contributed by atoms with Gasteiger partial charge in [0.2, 0.25) is 5.75 Å². The minimum Gasteiger partial charge on any atom is -0.485 e. The van der Waals surface area contributed by atoms with E-state index in [1.54, 1.807) is 0 Å². The van der Waals surface area contributed by atoms with Crippen LogP contribution in [-0.2, 0) is 6.61 Å². The van der Waals surface area contributed by atoms with Crippen molar-refractivity contribution in [1.82, 2.24) is 0 Å². The third kappa shape index (κ3) is 2.70. The lowest BCUT2D eigenvalue weighted by atomic mass is 10.2. The van der Waals surface area contributed by atoms with Crippen LogP contribution in [0.15, 0.2) is 48.5 Å². The molecule has 1 aliphatic rings. The Hall–Kier alpha value is -2.20. The van der Waals surface area contributed by atoms with Crippen molar-refractivity contribution < 1.29 is 19.3 Å². The lowest BCUT2D eigenvalue weighted by molar-refractivity contribution is 0.0430. The molecule has 104 valence electrons. The fourth-order valence-electron chi connectivity index (χ4n) is 2.06. The Bertz CT molecular complexity index is 568. The van der Waals surface area contributed by atoms with Crippen molar-refractivity contribution in [2.45, 2.75) is 12.7 Å². The molecule has 4 nitrogen and oxygen atoms in total. The summed E-state index contributed by atoms with van der Waals surface area (Å²) in [6.07, 6.45) is -0.313. The number of hydrogen-bond acceptors (Lipinski definition) is 4. The number of fused-ring (bicyclic) bond motifs is 1. The standard InChI is InChI=1S/C16H16O4/c17-9-13-11-19-16-14(7-4-8-15(16)20-13)18-10-12-5-2-1-3-6-12/h1-8,13,17H,9-11H2. The summed E-state index contributed by atoms with van der Waals surface area (Å²) in [4.78, 5) is 0. The van der Waals surface area contributed by atoms with Crippen molar-refractivity contribution in [2.75, 3.05) is 13.2 Å². The van der Waals surface area contributed by atoms with Gasteiger partial charge in [-0.3, -0.25) is 0 Å². The van der Waals surface area contributed by atoms with E-state index in [0.717, 1.165) is 5.56 Å². The fraction of sp³-hybridized carbons (Fsp3) is 0.250. The SMILES string of the molecule is OCC1COc2c(OCc3ccccc3)cccc2O1. The molecule has 2 aromatic rings. The lowest BCUT2D eigenvalue weighted by Gasteiger charge is -2.26. The van der Waals surface area contributed by atoms with Crippen molar-refractivity contribution in [2.24, 2.45) is 0 Å². The number of rotatable bonds is 4. The minimum atomic E-state index is -0.313. The zero-order valence-electron chi connectivity index (χ0n) is 11.0. The van der Waals surface area contributed by atoms with Crippen LogP contribution < -0.4 is 14.2 Å². The first kappa shape index (κ1) is 12.8. The summed E-state index contributed by atoms with van der Waals surface area (Å²) in [5, 5.41) is 9.10. The molecule has 1 aliphatic heterocycles. The molecule has 0 fully saturated rings. The van der Waals surface area contributed by atoms with Crippen LogP contribution in [0.3, 0.4) is 0 Å². The summed E-state index contributed by atoms with van der Waals surface area (Å²) in [7, 11) is 0. The van der Waals surface area contributed by atoms with E-state index >= 15 is 0 Å². The predicted octanol–water partition coefficient (Wildman–Crippen LogP) is 2.40. The number of para-hydroxylation sites is 1. The van der Waals surface area contributed by atoms with Crippen molar-refractivity contribution in [1.29, 1.82) is 0 Å². The molecule has 1 N–H and O–H groups in total. The van der Waals surface area contributed by atoms with Gasteiger partial charge in [-0.1, -0.05) is 36.4 Å². The predicted molar refractivity (Wildman–Crippen MR) is 74.2 cm³/mol. The molecule has 0 saturated heterocycles. The van der Waals surface area contributed by atoms with Gasteiger partial charge in [-0.2, -0.15) is 0 Å². The average molecular weight is 272 g/mol. The first-order valence-electron chi connectivity index (χ1n) is 6.57. The first-order chi connectivity index (χ1) is 9.86. The van der Waals surface area contributed by atoms with Crippen LogP contribution in [0.2, 0.25) is 0 Å². The van der Waals surface area contributed by atoms with E-state index in [-0.39, 0.29) is 12.7 Å². The molecule has 0 bridgehead atoms. The maximum absolute atomic E-state index is 9.10. The van der Waals surface area contributed by atoms with Gasteiger partial charge >= 0.3 is 0 Å². The Kier molecular flexibility index (Phi) is 3.74. The third-order valence-electron chi connectivity index (χ3n) is 3.09. The highest BCUT2D eigenvalue weighted by molar-refractivity contribution is 5.52. The Morgan fingerprint density at radius 3 is 2.75 bits per heavy atom. The number of ether oxygens (including phenoxy) is 3. The molecule has 1 heterocycles. The summed E-state index contributed by atoms with van der Waals surface area (Å²) in [5.41, 5.74) is 1.09. The van der Waals surface area contributed by atoms with E-state index in [2.05, 4.69) is 0 Å². The molecule has 4 heteroatoms. The highest BCUT2D eigenvalue weighted by Gasteiger charge is 2.23. The largest absolute Gasteiger partial charge is 0.485 e. The number of benzene rings is 2. The quantitative estimate of drug-likeness (QED) is 0.928. The maximum Gasteiger partial charge on any atom is 0.203 e. The molecule has 0 aromatic heterocycles. The Labute approximate surface area is 117 Å². The van der Waals surface area contributed by atoms with Gasteiger partial charge in [0.1, 0.15) is 13.2 Å². The van der Waals surface area contributed by atoms with Crippen LogP contribution in [0.25, 0.3) is 0 Å². The topological polar surface area (TPSA) is 47.9 Å². The summed E-state index contributed by atoms with van der Waals surface area (Å²) in [6, 6.07) is 15.5. The Balaban J connectivity index is 1.75. The molecular weight excluding hydrogens is 256 g/mol. The van der Waals surface area contributed by atoms with E-state index in [9.17, 15) is 0 Å². The Morgan fingerprint density at radius 1 is 1.10 bits per heavy atom. The second-order valence-corrected chi connectivity index (χ2v) is 4.59. The Morgan fingerprint density at radius 2 is 1.95 bits per heavy atom. The van der Waals surface area contributed by atoms with Gasteiger partial charge in [0.05, 0.1) is 6.61 Å². The highest BCUT2D eigenvalue weighted by atomic mass is 16.6. The lowest BCUT2D eigenvalue weighted by Crippen LogP contribution is -2.32. The molecule has 0 aliphatic carbocycles. The van der Waals surface area contributed by atoms with Gasteiger partial charge in [-0.15, -0.1) is 0 Å². The van der Waals surface area contributed by atoms with Crippen molar-refractivity contribution >= 4 is 0 Å². The summed E-state index contributed by atoms with van der Waals surface area (Å²) < 4.78 is 17.0. The van der Waals surface area contributed by atoms with Crippen LogP contribution in [0, 0.1) is 0 Å². The van der Waals surface area contributed by atoms with Gasteiger partial charge in [0.25, 0.3) is 0 Å². The van der Waals surface area contributed by atoms with Gasteiger partial charge in [-0.25, -0.2) is 0 Å². The second kappa shape index (κ2) is 5.84. The number of hydrogen-bond donors (Lipinski definition) is 1. The van der Waals surface area contributed by atoms with E-state index < -0.39 is 0 Å². The monoisotopic (exact) mass is 272 g/mol. The second-order valence-electron chi connectivity index (χ2n) is 4.59. The molecule has 2 aromatic carbocycles. The van der Waals surface area contributed by atoms with Crippen LogP contribution in [0.4, 0.5) is 0 Å². The average Bonchev–Trinajstić information content (AvgIpc) is 2.53. The van der Waals surface area contributed by atoms with Gasteiger partial charge in [0, 0.05) is 0 Å². The van der Waals surface area contributed by atoms with Gasteiger partial charge in [-0.05, 0) is 17.7 Å². The summed E-state index contributed by atoms with van der Waals surface area (Å²) in [5.74, 6) is 1.87. The van der Waals surface area contributed by atoms with Crippen molar-refractivity contribution in [3.63, 3.8) is 0 Å². The molecule has 3 rings (SSSR count). The van der Waals surface area contributed by atoms with Crippen molar-refractivity contribution in [3.8, 4) is 17.2 Å². The molecule has 0 spiro atoms. The van der Waals surface area contributed by atoms with Crippen molar-refractivity contribution in [3.05, 3.63) is 54.1 Å². The van der Waals surface area contributed by atoms with Gasteiger partial charge in [0.15, 0.2) is 17.6 Å². The van der Waals surface area contributed by atoms with Crippen LogP contribution in [-0.4, -0.2) is 24.4 Å². The zero-order valence-corrected chi connectivity index (χ0v) is 11.0. The van der Waals surface area contributed by atoms with E-state index in [1.165, 1.54) is 0 Å². The van der Waals surface area contributed by atoms with Crippen LogP contribution in [0.5, 0.6) is 17.2 Å². The van der Waals surface area contributed by atoms with Crippen LogP contribution in [0.1, 0.15) is 5.56 Å². The third-order valence-corrected chi connectivity index (χ3v) is 3.09. The zero-order chi connectivity index (χ0) is 13.8. The molecule has 1 atom stereocenters. The summed E-state index contributed by atoms with van der Waals surface area (Å²) >= 11 is 0. The molecule has 20 heavy (non-hydrogen) atoms.